The normalized spacial score (nSPS) is 13.2. The zero-order valence-electron chi connectivity index (χ0n) is 17.2. The van der Waals surface area contributed by atoms with E-state index in [1.807, 2.05) is 31.2 Å². The highest BCUT2D eigenvalue weighted by Gasteiger charge is 2.21. The summed E-state index contributed by atoms with van der Waals surface area (Å²) in [6, 6.07) is 5.79. The highest BCUT2D eigenvalue weighted by atomic mass is 16.3. The summed E-state index contributed by atoms with van der Waals surface area (Å²) < 4.78 is 0. The van der Waals surface area contributed by atoms with Gasteiger partial charge in [-0.25, -0.2) is 15.0 Å². The van der Waals surface area contributed by atoms with Crippen LogP contribution in [0.5, 0.6) is 0 Å². The van der Waals surface area contributed by atoms with Crippen molar-refractivity contribution in [2.45, 2.75) is 32.7 Å². The highest BCUT2D eigenvalue weighted by Crippen LogP contribution is 2.31. The molecule has 3 rings (SSSR count). The first-order valence-corrected chi connectivity index (χ1v) is 10.1. The van der Waals surface area contributed by atoms with Gasteiger partial charge in [0.2, 0.25) is 5.91 Å². The molecule has 1 amide bonds. The van der Waals surface area contributed by atoms with Crippen molar-refractivity contribution in [3.05, 3.63) is 47.6 Å². The van der Waals surface area contributed by atoms with E-state index in [1.54, 1.807) is 17.3 Å². The van der Waals surface area contributed by atoms with Gasteiger partial charge in [0.15, 0.2) is 0 Å². The van der Waals surface area contributed by atoms with Gasteiger partial charge in [-0.05, 0) is 30.5 Å². The molecule has 0 spiro atoms. The third-order valence-corrected chi connectivity index (χ3v) is 4.86. The van der Waals surface area contributed by atoms with E-state index in [1.165, 1.54) is 0 Å². The molecule has 2 heterocycles. The predicted octanol–water partition coefficient (Wildman–Crippen LogP) is 2.00. The van der Waals surface area contributed by atoms with Crippen LogP contribution in [-0.4, -0.2) is 51.4 Å². The van der Waals surface area contributed by atoms with Crippen molar-refractivity contribution < 1.29 is 9.90 Å². The molecule has 0 fully saturated rings. The zero-order chi connectivity index (χ0) is 21.5. The van der Waals surface area contributed by atoms with Crippen molar-refractivity contribution >= 4 is 23.5 Å². The van der Waals surface area contributed by atoms with Crippen molar-refractivity contribution in [3.63, 3.8) is 0 Å². The van der Waals surface area contributed by atoms with Gasteiger partial charge in [-0.2, -0.15) is 0 Å². The highest BCUT2D eigenvalue weighted by molar-refractivity contribution is 6.05. The summed E-state index contributed by atoms with van der Waals surface area (Å²) in [5.74, 6) is 0.907. The quantitative estimate of drug-likeness (QED) is 0.612. The van der Waals surface area contributed by atoms with Crippen molar-refractivity contribution in [1.82, 2.24) is 14.9 Å². The number of hydrogen-bond acceptors (Lipinski definition) is 7. The molecule has 0 atom stereocenters. The molecular formula is C22H28N6O2. The van der Waals surface area contributed by atoms with Crippen LogP contribution in [0.15, 0.2) is 41.2 Å². The Balaban J connectivity index is 1.92. The van der Waals surface area contributed by atoms with Crippen LogP contribution < -0.4 is 11.5 Å². The molecule has 1 aliphatic heterocycles. The maximum atomic E-state index is 13.1. The first kappa shape index (κ1) is 21.6. The van der Waals surface area contributed by atoms with E-state index in [0.717, 1.165) is 23.1 Å². The molecule has 1 aliphatic rings. The Bertz CT molecular complexity index is 953. The molecular weight excluding hydrogens is 380 g/mol. The van der Waals surface area contributed by atoms with Gasteiger partial charge < -0.3 is 21.5 Å². The van der Waals surface area contributed by atoms with Crippen LogP contribution in [0.3, 0.4) is 0 Å². The van der Waals surface area contributed by atoms with E-state index < -0.39 is 0 Å². The summed E-state index contributed by atoms with van der Waals surface area (Å²) >= 11 is 0. The summed E-state index contributed by atoms with van der Waals surface area (Å²) in [5, 5.41) is 9.14. The van der Waals surface area contributed by atoms with Gasteiger partial charge in [0.05, 0.1) is 12.2 Å². The van der Waals surface area contributed by atoms with Crippen LogP contribution in [0.1, 0.15) is 37.6 Å². The minimum absolute atomic E-state index is 0.0533. The summed E-state index contributed by atoms with van der Waals surface area (Å²) in [6.45, 7) is 3.52. The van der Waals surface area contributed by atoms with Gasteiger partial charge in [-0.15, -0.1) is 0 Å². The van der Waals surface area contributed by atoms with E-state index in [9.17, 15) is 4.79 Å². The largest absolute Gasteiger partial charge is 0.396 e. The first-order valence-electron chi connectivity index (χ1n) is 10.1. The molecule has 0 saturated carbocycles. The average molecular weight is 409 g/mol. The standard InChI is InChI=1S/C22H28N6O2/c1-2-6-28(7-3-8-29)22(30)17-9-16-5-4-15(10-19(16)27-20(24)11-17)18-13-25-21(12-23)26-14-18/h4-5,9-10,13-14,29H,2-3,6-8,11-12,23H2,1H3,(H2,24,27). The number of benzene rings is 1. The maximum absolute atomic E-state index is 13.1. The minimum atomic E-state index is -0.0638. The summed E-state index contributed by atoms with van der Waals surface area (Å²) in [7, 11) is 0. The Hall–Kier alpha value is -3.10. The molecule has 158 valence electrons. The summed E-state index contributed by atoms with van der Waals surface area (Å²) in [4.78, 5) is 27.9. The number of fused-ring (bicyclic) bond motifs is 1. The molecule has 0 saturated heterocycles. The van der Waals surface area contributed by atoms with Crippen molar-refractivity contribution in [1.29, 1.82) is 0 Å². The van der Waals surface area contributed by atoms with Gasteiger partial charge in [0.1, 0.15) is 11.7 Å². The minimum Gasteiger partial charge on any atom is -0.396 e. The van der Waals surface area contributed by atoms with Gasteiger partial charge in [-0.1, -0.05) is 19.1 Å². The number of carbonyl (C=O) groups is 1. The van der Waals surface area contributed by atoms with Crippen molar-refractivity contribution in [3.8, 4) is 11.1 Å². The number of nitrogens with zero attached hydrogens (tertiary/aromatic N) is 4. The van der Waals surface area contributed by atoms with E-state index in [-0.39, 0.29) is 18.9 Å². The van der Waals surface area contributed by atoms with Crippen LogP contribution >= 0.6 is 0 Å². The number of hydrogen-bond donors (Lipinski definition) is 3. The lowest BCUT2D eigenvalue weighted by Crippen LogP contribution is -2.35. The predicted molar refractivity (Wildman–Crippen MR) is 118 cm³/mol. The first-order chi connectivity index (χ1) is 14.5. The van der Waals surface area contributed by atoms with Crippen molar-refractivity contribution in [2.24, 2.45) is 16.5 Å². The molecule has 30 heavy (non-hydrogen) atoms. The lowest BCUT2D eigenvalue weighted by molar-refractivity contribution is -0.127. The number of aliphatic hydroxyl groups is 1. The number of aromatic nitrogens is 2. The lowest BCUT2D eigenvalue weighted by atomic mass is 10.0. The molecule has 0 radical (unpaired) electrons. The molecule has 8 nitrogen and oxygen atoms in total. The number of aliphatic imine (C=N–C) groups is 1. The smallest absolute Gasteiger partial charge is 0.250 e. The monoisotopic (exact) mass is 408 g/mol. The Morgan fingerprint density at radius 2 is 1.97 bits per heavy atom. The number of rotatable bonds is 8. The third-order valence-electron chi connectivity index (χ3n) is 4.86. The Labute approximate surface area is 176 Å². The average Bonchev–Trinajstić information content (AvgIpc) is 2.93. The van der Waals surface area contributed by atoms with Crippen LogP contribution in [0.25, 0.3) is 17.2 Å². The molecule has 1 aromatic heterocycles. The van der Waals surface area contributed by atoms with Gasteiger partial charge in [0.25, 0.3) is 0 Å². The Kier molecular flexibility index (Phi) is 7.26. The molecule has 5 N–H and O–H groups in total. The fourth-order valence-corrected chi connectivity index (χ4v) is 3.37. The van der Waals surface area contributed by atoms with E-state index in [0.29, 0.717) is 49.0 Å². The number of carbonyl (C=O) groups excluding carboxylic acids is 1. The number of amides is 1. The van der Waals surface area contributed by atoms with E-state index in [2.05, 4.69) is 15.0 Å². The molecule has 1 aromatic carbocycles. The molecule has 8 heteroatoms. The zero-order valence-corrected chi connectivity index (χ0v) is 17.2. The number of aliphatic hydroxyl groups excluding tert-OH is 1. The third kappa shape index (κ3) is 5.08. The molecule has 0 unspecified atom stereocenters. The molecule has 2 aromatic rings. The summed E-state index contributed by atoms with van der Waals surface area (Å²) in [5.41, 5.74) is 15.6. The van der Waals surface area contributed by atoms with Crippen LogP contribution in [0.2, 0.25) is 0 Å². The topological polar surface area (TPSA) is 131 Å². The second kappa shape index (κ2) is 10.1. The second-order valence-corrected chi connectivity index (χ2v) is 7.18. The van der Waals surface area contributed by atoms with E-state index >= 15 is 0 Å². The molecule has 0 bridgehead atoms. The van der Waals surface area contributed by atoms with Crippen LogP contribution in [0.4, 0.5) is 5.69 Å². The maximum Gasteiger partial charge on any atom is 0.250 e. The van der Waals surface area contributed by atoms with E-state index in [4.69, 9.17) is 16.6 Å². The van der Waals surface area contributed by atoms with Crippen molar-refractivity contribution in [2.75, 3.05) is 19.7 Å². The van der Waals surface area contributed by atoms with Gasteiger partial charge in [0, 0.05) is 55.2 Å². The van der Waals surface area contributed by atoms with Gasteiger partial charge >= 0.3 is 0 Å². The number of amidine groups is 1. The van der Waals surface area contributed by atoms with Crippen LogP contribution in [-0.2, 0) is 11.3 Å². The van der Waals surface area contributed by atoms with Gasteiger partial charge in [-0.3, -0.25) is 4.79 Å². The fraction of sp³-hybridized carbons (Fsp3) is 0.364. The second-order valence-electron chi connectivity index (χ2n) is 7.18. The summed E-state index contributed by atoms with van der Waals surface area (Å²) in [6.07, 6.45) is 7.01. The number of nitrogens with two attached hydrogens (primary N) is 2. The lowest BCUT2D eigenvalue weighted by Gasteiger charge is -2.23. The van der Waals surface area contributed by atoms with Crippen LogP contribution in [0, 0.1) is 0 Å². The fourth-order valence-electron chi connectivity index (χ4n) is 3.37. The SMILES string of the molecule is CCCN(CCCO)C(=O)C1=Cc2ccc(-c3cnc(CN)nc3)cc2N=C(N)C1. The molecule has 0 aliphatic carbocycles. The Morgan fingerprint density at radius 1 is 1.20 bits per heavy atom. The Morgan fingerprint density at radius 3 is 2.63 bits per heavy atom.